The molecule has 1 saturated heterocycles. The molecule has 3 aromatic rings. The first kappa shape index (κ1) is 25.0. The molecule has 1 N–H and O–H groups in total. The molecule has 1 amide bonds. The van der Waals surface area contributed by atoms with Crippen LogP contribution in [0, 0.1) is 11.3 Å². The zero-order valence-corrected chi connectivity index (χ0v) is 18.4. The Morgan fingerprint density at radius 2 is 1.67 bits per heavy atom. The molecule has 36 heavy (non-hydrogen) atoms. The van der Waals surface area contributed by atoms with Crippen molar-refractivity contribution >= 4 is 11.9 Å². The van der Waals surface area contributed by atoms with Gasteiger partial charge in [0.1, 0.15) is 6.07 Å². The average Bonchev–Trinajstić information content (AvgIpc) is 3.51. The number of hydrogen-bond donors (Lipinski definition) is 1. The molecule has 3 heterocycles. The Hall–Kier alpha value is -4.15. The van der Waals surface area contributed by atoms with Gasteiger partial charge in [0, 0.05) is 24.8 Å². The second-order valence-electron chi connectivity index (χ2n) is 7.93. The fourth-order valence-corrected chi connectivity index (χ4v) is 3.61. The Balaban J connectivity index is 1.63. The topological polar surface area (TPSA) is 99.7 Å². The van der Waals surface area contributed by atoms with E-state index in [0.29, 0.717) is 36.7 Å². The smallest absolute Gasteiger partial charge is 0.345 e. The van der Waals surface area contributed by atoms with Crippen molar-refractivity contribution in [3.63, 3.8) is 0 Å². The van der Waals surface area contributed by atoms with Gasteiger partial charge in [0.25, 0.3) is 5.91 Å². The molecule has 1 fully saturated rings. The number of benzene rings is 1. The molecule has 0 bridgehead atoms. The zero-order valence-electron chi connectivity index (χ0n) is 18.4. The van der Waals surface area contributed by atoms with Gasteiger partial charge in [-0.15, -0.1) is 5.10 Å². The largest absolute Gasteiger partial charge is 0.416 e. The molecule has 1 aliphatic heterocycles. The molecule has 1 aromatic carbocycles. The fraction of sp³-hybridized carbons (Fsp3) is 0.318. The maximum atomic E-state index is 13.1. The summed E-state index contributed by atoms with van der Waals surface area (Å²) in [5, 5.41) is 15.7. The quantitative estimate of drug-likeness (QED) is 0.520. The van der Waals surface area contributed by atoms with Gasteiger partial charge in [-0.05, 0) is 43.2 Å². The van der Waals surface area contributed by atoms with Crippen molar-refractivity contribution in [1.29, 1.82) is 5.26 Å². The summed E-state index contributed by atoms with van der Waals surface area (Å²) in [6.07, 6.45) is -7.01. The van der Waals surface area contributed by atoms with Crippen LogP contribution in [0.3, 0.4) is 0 Å². The summed E-state index contributed by atoms with van der Waals surface area (Å²) in [6.45, 7) is 1.03. The number of halogens is 6. The molecule has 0 aliphatic carbocycles. The maximum Gasteiger partial charge on any atom is 0.416 e. The fourth-order valence-electron chi connectivity index (χ4n) is 3.61. The first-order valence-corrected chi connectivity index (χ1v) is 10.6. The number of nitrogens with one attached hydrogen (secondary N) is 1. The van der Waals surface area contributed by atoms with Gasteiger partial charge in [-0.3, -0.25) is 4.79 Å². The number of hydrogen-bond acceptors (Lipinski definition) is 6. The first-order chi connectivity index (χ1) is 17.0. The number of anilines is 1. The van der Waals surface area contributed by atoms with Crippen molar-refractivity contribution in [3.8, 4) is 11.9 Å². The number of nitriles is 1. The SMILES string of the molecule is N#Cc1ccc(-n2nc(N3CCCC3)nc2CNC(=O)c2cc(C(F)(F)F)cc(C(F)(F)F)c2)nc1. The van der Waals surface area contributed by atoms with E-state index in [1.54, 1.807) is 0 Å². The summed E-state index contributed by atoms with van der Waals surface area (Å²) in [5.74, 6) is -0.418. The molecule has 188 valence electrons. The van der Waals surface area contributed by atoms with Gasteiger partial charge in [0.05, 0.1) is 23.2 Å². The second-order valence-corrected chi connectivity index (χ2v) is 7.93. The molecule has 0 unspecified atom stereocenters. The zero-order chi connectivity index (χ0) is 26.1. The van der Waals surface area contributed by atoms with Gasteiger partial charge in [0.15, 0.2) is 11.6 Å². The van der Waals surface area contributed by atoms with E-state index < -0.39 is 35.0 Å². The Bertz CT molecular complexity index is 1270. The summed E-state index contributed by atoms with van der Waals surface area (Å²) in [6, 6.07) is 5.57. The van der Waals surface area contributed by atoms with Crippen LogP contribution in [0.1, 0.15) is 45.7 Å². The molecule has 14 heteroatoms. The van der Waals surface area contributed by atoms with Crippen LogP contribution in [0.25, 0.3) is 5.82 Å². The third kappa shape index (κ3) is 5.40. The minimum absolute atomic E-state index is 0.0493. The molecule has 2 aromatic heterocycles. The van der Waals surface area contributed by atoms with Crippen molar-refractivity contribution in [2.24, 2.45) is 0 Å². The molecule has 4 rings (SSSR count). The van der Waals surface area contributed by atoms with Crippen molar-refractivity contribution in [2.75, 3.05) is 18.0 Å². The number of pyridine rings is 1. The van der Waals surface area contributed by atoms with Gasteiger partial charge in [-0.1, -0.05) is 0 Å². The highest BCUT2D eigenvalue weighted by molar-refractivity contribution is 5.94. The van der Waals surface area contributed by atoms with Gasteiger partial charge in [-0.25, -0.2) is 4.98 Å². The number of amides is 1. The number of alkyl halides is 6. The van der Waals surface area contributed by atoms with E-state index in [4.69, 9.17) is 5.26 Å². The molecule has 0 spiro atoms. The number of nitrogens with zero attached hydrogens (tertiary/aromatic N) is 6. The van der Waals surface area contributed by atoms with E-state index >= 15 is 0 Å². The highest BCUT2D eigenvalue weighted by atomic mass is 19.4. The van der Waals surface area contributed by atoms with E-state index in [0.717, 1.165) is 12.8 Å². The van der Waals surface area contributed by atoms with E-state index in [-0.39, 0.29) is 24.3 Å². The van der Waals surface area contributed by atoms with E-state index in [2.05, 4.69) is 20.4 Å². The minimum atomic E-state index is -5.08. The highest BCUT2D eigenvalue weighted by Gasteiger charge is 2.37. The number of carbonyl (C=O) groups excluding carboxylic acids is 1. The van der Waals surface area contributed by atoms with E-state index in [1.165, 1.54) is 23.0 Å². The molecule has 0 saturated carbocycles. The Morgan fingerprint density at radius 1 is 1.03 bits per heavy atom. The third-order valence-corrected chi connectivity index (χ3v) is 5.40. The van der Waals surface area contributed by atoms with Crippen molar-refractivity contribution in [2.45, 2.75) is 31.7 Å². The molecular weight excluding hydrogens is 492 g/mol. The Labute approximate surface area is 200 Å². The van der Waals surface area contributed by atoms with Crippen LogP contribution in [0.5, 0.6) is 0 Å². The lowest BCUT2D eigenvalue weighted by Gasteiger charge is -2.14. The van der Waals surface area contributed by atoms with Crippen LogP contribution in [-0.2, 0) is 18.9 Å². The summed E-state index contributed by atoms with van der Waals surface area (Å²) in [4.78, 5) is 23.0. The monoisotopic (exact) mass is 509 g/mol. The molecular formula is C22H17F6N7O. The second kappa shape index (κ2) is 9.48. The summed E-state index contributed by atoms with van der Waals surface area (Å²) < 4.78 is 80.2. The Kier molecular flexibility index (Phi) is 6.57. The maximum absolute atomic E-state index is 13.1. The molecule has 8 nitrogen and oxygen atoms in total. The lowest BCUT2D eigenvalue weighted by Crippen LogP contribution is -2.26. The van der Waals surface area contributed by atoms with Crippen LogP contribution in [0.2, 0.25) is 0 Å². The molecule has 0 radical (unpaired) electrons. The number of rotatable bonds is 5. The normalized spacial score (nSPS) is 14.1. The van der Waals surface area contributed by atoms with Crippen LogP contribution in [0.15, 0.2) is 36.5 Å². The van der Waals surface area contributed by atoms with Crippen molar-refractivity contribution < 1.29 is 31.1 Å². The van der Waals surface area contributed by atoms with Crippen LogP contribution in [0.4, 0.5) is 32.3 Å². The van der Waals surface area contributed by atoms with Gasteiger partial charge in [0.2, 0.25) is 5.95 Å². The minimum Gasteiger partial charge on any atom is -0.345 e. The predicted octanol–water partition coefficient (Wildman–Crippen LogP) is 4.10. The van der Waals surface area contributed by atoms with Gasteiger partial charge >= 0.3 is 12.4 Å². The van der Waals surface area contributed by atoms with Crippen molar-refractivity contribution in [3.05, 3.63) is 64.6 Å². The van der Waals surface area contributed by atoms with Crippen LogP contribution < -0.4 is 10.2 Å². The number of carbonyl (C=O) groups is 1. The van der Waals surface area contributed by atoms with Gasteiger partial charge in [-0.2, -0.15) is 41.3 Å². The summed E-state index contributed by atoms with van der Waals surface area (Å²) >= 11 is 0. The van der Waals surface area contributed by atoms with Gasteiger partial charge < -0.3 is 10.2 Å². The first-order valence-electron chi connectivity index (χ1n) is 10.6. The third-order valence-electron chi connectivity index (χ3n) is 5.40. The lowest BCUT2D eigenvalue weighted by atomic mass is 10.0. The van der Waals surface area contributed by atoms with E-state index in [9.17, 15) is 31.1 Å². The number of aromatic nitrogens is 4. The van der Waals surface area contributed by atoms with Crippen LogP contribution in [-0.4, -0.2) is 38.7 Å². The molecule has 1 aliphatic rings. The predicted molar refractivity (Wildman–Crippen MR) is 113 cm³/mol. The average molecular weight is 509 g/mol. The molecule has 0 atom stereocenters. The standard InChI is InChI=1S/C22H17F6N7O/c23-21(24,25)15-7-14(8-16(9-15)22(26,27)28)19(36)31-12-18-32-20(34-5-1-2-6-34)33-35(18)17-4-3-13(10-29)11-30-17/h3-4,7-9,11H,1-2,5-6,12H2,(H,31,36). The lowest BCUT2D eigenvalue weighted by molar-refractivity contribution is -0.143. The highest BCUT2D eigenvalue weighted by Crippen LogP contribution is 2.36. The van der Waals surface area contributed by atoms with Crippen LogP contribution >= 0.6 is 0 Å². The Morgan fingerprint density at radius 3 is 2.19 bits per heavy atom. The summed E-state index contributed by atoms with van der Waals surface area (Å²) in [5.41, 5.74) is -3.70. The van der Waals surface area contributed by atoms with Crippen molar-refractivity contribution in [1.82, 2.24) is 25.1 Å². The van der Waals surface area contributed by atoms with E-state index in [1.807, 2.05) is 11.0 Å². The summed E-state index contributed by atoms with van der Waals surface area (Å²) in [7, 11) is 0.